The zero-order valence-electron chi connectivity index (χ0n) is 22.3. The van der Waals surface area contributed by atoms with Crippen LogP contribution in [0.4, 0.5) is 0 Å². The van der Waals surface area contributed by atoms with Gasteiger partial charge >= 0.3 is 0 Å². The molecule has 1 N–H and O–H groups in total. The van der Waals surface area contributed by atoms with E-state index in [2.05, 4.69) is 10.3 Å². The second kappa shape index (κ2) is 12.5. The summed E-state index contributed by atoms with van der Waals surface area (Å²) in [5.74, 6) is -1.50. The molecule has 2 saturated heterocycles. The topological polar surface area (TPSA) is 126 Å². The van der Waals surface area contributed by atoms with Gasteiger partial charge in [0.25, 0.3) is 0 Å². The molecule has 2 amide bonds. The van der Waals surface area contributed by atoms with Gasteiger partial charge in [0, 0.05) is 44.1 Å². The Labute approximate surface area is 218 Å². The highest BCUT2D eigenvalue weighted by Gasteiger charge is 2.50. The monoisotopic (exact) mass is 513 g/mol. The molecule has 0 spiro atoms. The summed E-state index contributed by atoms with van der Waals surface area (Å²) < 4.78 is 5.34. The fourth-order valence-electron chi connectivity index (χ4n) is 4.88. The first-order valence-corrected chi connectivity index (χ1v) is 13.2. The largest absolute Gasteiger partial charge is 0.361 e. The molecule has 4 atom stereocenters. The Balaban J connectivity index is 1.75. The van der Waals surface area contributed by atoms with Gasteiger partial charge < -0.3 is 19.7 Å². The summed E-state index contributed by atoms with van der Waals surface area (Å²) in [5, 5.41) is 2.92. The molecule has 1 aromatic rings. The first kappa shape index (κ1) is 28.6. The molecule has 202 valence electrons. The van der Waals surface area contributed by atoms with Crippen LogP contribution in [0.5, 0.6) is 0 Å². The van der Waals surface area contributed by atoms with E-state index in [1.54, 1.807) is 36.4 Å². The van der Waals surface area contributed by atoms with Crippen LogP contribution in [0.3, 0.4) is 0 Å². The Morgan fingerprint density at radius 2 is 1.84 bits per heavy atom. The number of pyridine rings is 1. The van der Waals surface area contributed by atoms with Crippen LogP contribution in [-0.4, -0.2) is 69.9 Å². The number of likely N-dealkylation sites (tertiary alicyclic amines) is 1. The molecule has 2 aliphatic heterocycles. The van der Waals surface area contributed by atoms with Crippen LogP contribution in [0.1, 0.15) is 71.8 Å². The summed E-state index contributed by atoms with van der Waals surface area (Å²) in [7, 11) is 0. The van der Waals surface area contributed by atoms with Crippen LogP contribution in [0, 0.1) is 11.8 Å². The summed E-state index contributed by atoms with van der Waals surface area (Å²) in [6.07, 6.45) is 5.47. The van der Waals surface area contributed by atoms with E-state index in [0.717, 1.165) is 5.56 Å². The van der Waals surface area contributed by atoms with Crippen molar-refractivity contribution in [2.75, 3.05) is 13.2 Å². The molecular weight excluding hydrogens is 474 g/mol. The number of epoxide rings is 1. The molecule has 2 aliphatic rings. The summed E-state index contributed by atoms with van der Waals surface area (Å²) >= 11 is 0. The van der Waals surface area contributed by atoms with E-state index in [4.69, 9.17) is 4.74 Å². The molecule has 0 aliphatic carbocycles. The number of carbonyl (C=O) groups is 5. The van der Waals surface area contributed by atoms with E-state index >= 15 is 0 Å². The second-order valence-electron chi connectivity index (χ2n) is 10.9. The molecule has 9 nitrogen and oxygen atoms in total. The average Bonchev–Trinajstić information content (AvgIpc) is 3.40. The van der Waals surface area contributed by atoms with Gasteiger partial charge in [-0.15, -0.1) is 0 Å². The molecular formula is C28H39N3O6. The molecule has 37 heavy (non-hydrogen) atoms. The molecule has 2 fully saturated rings. The highest BCUT2D eigenvalue weighted by molar-refractivity contribution is 5.98. The van der Waals surface area contributed by atoms with E-state index in [0.29, 0.717) is 38.8 Å². The van der Waals surface area contributed by atoms with Gasteiger partial charge in [-0.3, -0.25) is 24.2 Å². The van der Waals surface area contributed by atoms with Crippen molar-refractivity contribution >= 4 is 29.2 Å². The molecule has 0 bridgehead atoms. The normalized spacial score (nSPS) is 22.4. The van der Waals surface area contributed by atoms with Gasteiger partial charge in [0.1, 0.15) is 11.4 Å². The van der Waals surface area contributed by atoms with E-state index < -0.39 is 23.6 Å². The predicted octanol–water partition coefficient (Wildman–Crippen LogP) is 2.45. The summed E-state index contributed by atoms with van der Waals surface area (Å²) in [4.78, 5) is 69.6. The first-order chi connectivity index (χ1) is 17.5. The predicted molar refractivity (Wildman–Crippen MR) is 136 cm³/mol. The maximum atomic E-state index is 13.5. The molecule has 0 radical (unpaired) electrons. The third-order valence-corrected chi connectivity index (χ3v) is 7.12. The van der Waals surface area contributed by atoms with Crippen molar-refractivity contribution < 1.29 is 28.7 Å². The maximum Gasteiger partial charge on any atom is 0.224 e. The number of hydrogen-bond acceptors (Lipinski definition) is 7. The lowest BCUT2D eigenvalue weighted by atomic mass is 9.89. The van der Waals surface area contributed by atoms with Crippen LogP contribution < -0.4 is 5.32 Å². The third-order valence-electron chi connectivity index (χ3n) is 7.12. The van der Waals surface area contributed by atoms with Crippen LogP contribution in [0.15, 0.2) is 24.5 Å². The van der Waals surface area contributed by atoms with Crippen LogP contribution in [0.25, 0.3) is 0 Å². The van der Waals surface area contributed by atoms with Crippen molar-refractivity contribution in [1.82, 2.24) is 15.2 Å². The van der Waals surface area contributed by atoms with Crippen LogP contribution in [0.2, 0.25) is 0 Å². The Hall–Kier alpha value is -2.94. The number of carbonyl (C=O) groups excluding carboxylic acids is 5. The van der Waals surface area contributed by atoms with Crippen LogP contribution in [-0.2, 0) is 35.1 Å². The minimum absolute atomic E-state index is 0.0499. The smallest absolute Gasteiger partial charge is 0.224 e. The molecule has 1 aromatic heterocycles. The van der Waals surface area contributed by atoms with E-state index in [9.17, 15) is 24.0 Å². The average molecular weight is 514 g/mol. The number of ketones is 3. The van der Waals surface area contributed by atoms with Crippen molar-refractivity contribution in [2.24, 2.45) is 11.8 Å². The van der Waals surface area contributed by atoms with Crippen molar-refractivity contribution in [3.63, 3.8) is 0 Å². The lowest BCUT2D eigenvalue weighted by Gasteiger charge is -2.27. The molecule has 3 heterocycles. The zero-order valence-corrected chi connectivity index (χ0v) is 22.3. The highest BCUT2D eigenvalue weighted by Crippen LogP contribution is 2.30. The molecule has 0 saturated carbocycles. The fourth-order valence-corrected chi connectivity index (χ4v) is 4.88. The highest BCUT2D eigenvalue weighted by atomic mass is 16.6. The van der Waals surface area contributed by atoms with Gasteiger partial charge in [-0.05, 0) is 63.1 Å². The van der Waals surface area contributed by atoms with Gasteiger partial charge in [-0.25, -0.2) is 0 Å². The van der Waals surface area contributed by atoms with Crippen molar-refractivity contribution in [3.8, 4) is 0 Å². The van der Waals surface area contributed by atoms with Crippen molar-refractivity contribution in [1.29, 1.82) is 0 Å². The quantitative estimate of drug-likeness (QED) is 0.379. The molecule has 0 aromatic carbocycles. The number of rotatable bonds is 14. The Morgan fingerprint density at radius 1 is 1.16 bits per heavy atom. The van der Waals surface area contributed by atoms with Gasteiger partial charge in [-0.1, -0.05) is 13.8 Å². The zero-order chi connectivity index (χ0) is 27.2. The van der Waals surface area contributed by atoms with Crippen molar-refractivity contribution in [3.05, 3.63) is 30.1 Å². The van der Waals surface area contributed by atoms with E-state index in [1.165, 1.54) is 6.92 Å². The summed E-state index contributed by atoms with van der Waals surface area (Å²) in [6.45, 7) is 7.94. The minimum atomic E-state index is -0.867. The second-order valence-corrected chi connectivity index (χ2v) is 10.9. The fraction of sp³-hybridized carbons (Fsp3) is 0.643. The van der Waals surface area contributed by atoms with Gasteiger partial charge in [0.2, 0.25) is 11.8 Å². The Morgan fingerprint density at radius 3 is 2.43 bits per heavy atom. The number of nitrogens with one attached hydrogen (secondary N) is 1. The maximum absolute atomic E-state index is 13.5. The Bertz CT molecular complexity index is 1000. The molecule has 9 heteroatoms. The van der Waals surface area contributed by atoms with Crippen molar-refractivity contribution in [2.45, 2.75) is 90.3 Å². The van der Waals surface area contributed by atoms with E-state index in [1.807, 2.05) is 13.8 Å². The van der Waals surface area contributed by atoms with Gasteiger partial charge in [-0.2, -0.15) is 0 Å². The van der Waals surface area contributed by atoms with Crippen LogP contribution >= 0.6 is 0 Å². The third kappa shape index (κ3) is 8.02. The number of nitrogens with zero attached hydrogens (tertiary/aromatic N) is 2. The van der Waals surface area contributed by atoms with Gasteiger partial charge in [0.05, 0.1) is 18.7 Å². The van der Waals surface area contributed by atoms with Gasteiger partial charge in [0.15, 0.2) is 11.6 Å². The number of ether oxygens (including phenoxy) is 1. The summed E-state index contributed by atoms with van der Waals surface area (Å²) in [5.41, 5.74) is -0.0126. The number of aromatic nitrogens is 1. The lowest BCUT2D eigenvalue weighted by Crippen LogP contribution is -2.49. The number of Topliss-reactive ketones (excluding diaryl/α,β-unsaturated/α-hetero) is 3. The molecule has 0 unspecified atom stereocenters. The van der Waals surface area contributed by atoms with E-state index in [-0.39, 0.29) is 54.3 Å². The Kier molecular flexibility index (Phi) is 9.70. The number of amides is 2. The lowest BCUT2D eigenvalue weighted by molar-refractivity contribution is -0.139. The minimum Gasteiger partial charge on any atom is -0.361 e. The first-order valence-electron chi connectivity index (χ1n) is 13.2. The number of hydrogen-bond donors (Lipinski definition) is 1. The molecule has 3 rings (SSSR count). The SMILES string of the molecule is CC(=O)CCC(=O)N1CCC[C@H]1C(=O)C[C@@H](Cc1ccncc1)C(=O)N[C@@H](CC(C)C)C(=O)[C@@]1(C)CO1. The summed E-state index contributed by atoms with van der Waals surface area (Å²) in [6, 6.07) is 2.30. The standard InChI is InChI=1S/C28H39N3O6/c1-18(2)14-22(26(35)28(4)17-37-28)30-27(36)21(15-20-9-11-29-12-10-20)16-24(33)23-6-5-13-31(23)25(34)8-7-19(3)32/h9-12,18,21-23H,5-8,13-17H2,1-4H3,(H,30,36)/t21-,22+,23+,28-/m1/s1.